The topological polar surface area (TPSA) is 169 Å². The molecule has 11 nitrogen and oxygen atoms in total. The molecule has 138 valence electrons. The van der Waals surface area contributed by atoms with E-state index in [2.05, 4.69) is 20.7 Å². The molecule has 3 rings (SSSR count). The number of aromatic nitrogens is 4. The van der Waals surface area contributed by atoms with Crippen molar-refractivity contribution in [3.8, 4) is 5.75 Å². The highest BCUT2D eigenvalue weighted by atomic mass is 16.5. The molecule has 2 aromatic rings. The third kappa shape index (κ3) is 3.99. The molecule has 1 atom stereocenters. The Morgan fingerprint density at radius 1 is 1.50 bits per heavy atom. The van der Waals surface area contributed by atoms with Crippen molar-refractivity contribution in [2.24, 2.45) is 5.73 Å². The molecule has 26 heavy (non-hydrogen) atoms. The van der Waals surface area contributed by atoms with Crippen molar-refractivity contribution in [2.75, 3.05) is 6.54 Å². The Labute approximate surface area is 148 Å². The van der Waals surface area contributed by atoms with Crippen molar-refractivity contribution in [2.45, 2.75) is 31.6 Å². The van der Waals surface area contributed by atoms with E-state index in [0.717, 1.165) is 0 Å². The standard InChI is InChI=1S/C14H19BN6O5/c16-4-5-21-19-11(18-20-21)7-12(22)17-10-6-8-2-1-3-9(14(23)24)13(8)26-15(10)25/h1-3,10,14,23-25H,4-7,16H2,(H,17,22)/t10-/m0/s1. The van der Waals surface area contributed by atoms with E-state index in [9.17, 15) is 20.0 Å². The zero-order valence-electron chi connectivity index (χ0n) is 13.8. The van der Waals surface area contributed by atoms with E-state index < -0.39 is 25.3 Å². The third-order valence-corrected chi connectivity index (χ3v) is 3.92. The molecule has 0 spiro atoms. The van der Waals surface area contributed by atoms with E-state index in [0.29, 0.717) is 18.7 Å². The summed E-state index contributed by atoms with van der Waals surface area (Å²) in [6.45, 7) is 0.761. The minimum Gasteiger partial charge on any atom is -0.534 e. The summed E-state index contributed by atoms with van der Waals surface area (Å²) in [5, 5.41) is 43.1. The molecule has 12 heteroatoms. The molecule has 1 aromatic carbocycles. The Balaban J connectivity index is 1.65. The van der Waals surface area contributed by atoms with Crippen LogP contribution in [0, 0.1) is 0 Å². The van der Waals surface area contributed by atoms with Gasteiger partial charge in [-0.2, -0.15) is 4.80 Å². The second-order valence-corrected chi connectivity index (χ2v) is 5.86. The number of nitrogens with zero attached hydrogens (tertiary/aromatic N) is 4. The molecule has 0 bridgehead atoms. The van der Waals surface area contributed by atoms with Crippen molar-refractivity contribution in [3.63, 3.8) is 0 Å². The molecule has 0 saturated carbocycles. The third-order valence-electron chi connectivity index (χ3n) is 3.92. The van der Waals surface area contributed by atoms with E-state index in [1.165, 1.54) is 10.9 Å². The fourth-order valence-corrected chi connectivity index (χ4v) is 2.73. The van der Waals surface area contributed by atoms with Crippen LogP contribution in [0.25, 0.3) is 0 Å². The van der Waals surface area contributed by atoms with Gasteiger partial charge in [-0.3, -0.25) is 4.79 Å². The number of nitrogens with one attached hydrogen (secondary N) is 1. The first-order valence-corrected chi connectivity index (χ1v) is 8.06. The van der Waals surface area contributed by atoms with Crippen LogP contribution < -0.4 is 15.7 Å². The van der Waals surface area contributed by atoms with Gasteiger partial charge in [-0.1, -0.05) is 18.2 Å². The quantitative estimate of drug-likeness (QED) is 0.271. The molecule has 0 fully saturated rings. The average Bonchev–Trinajstić information content (AvgIpc) is 3.02. The highest BCUT2D eigenvalue weighted by Gasteiger charge is 2.37. The lowest BCUT2D eigenvalue weighted by atomic mass is 9.72. The van der Waals surface area contributed by atoms with Crippen molar-refractivity contribution >= 4 is 13.0 Å². The van der Waals surface area contributed by atoms with E-state index >= 15 is 0 Å². The average molecular weight is 362 g/mol. The van der Waals surface area contributed by atoms with Gasteiger partial charge in [-0.25, -0.2) is 0 Å². The van der Waals surface area contributed by atoms with Gasteiger partial charge in [0.05, 0.1) is 18.9 Å². The van der Waals surface area contributed by atoms with Crippen molar-refractivity contribution in [1.82, 2.24) is 25.5 Å². The minimum atomic E-state index is -1.72. The number of amides is 1. The van der Waals surface area contributed by atoms with Gasteiger partial charge in [0.25, 0.3) is 0 Å². The number of para-hydroxylation sites is 1. The monoisotopic (exact) mass is 362 g/mol. The van der Waals surface area contributed by atoms with Crippen LogP contribution in [0.15, 0.2) is 18.2 Å². The number of tetrazole rings is 1. The number of rotatable bonds is 6. The Hall–Kier alpha value is -2.54. The van der Waals surface area contributed by atoms with Crippen LogP contribution in [0.2, 0.25) is 0 Å². The van der Waals surface area contributed by atoms with Crippen LogP contribution in [0.4, 0.5) is 0 Å². The number of carbonyl (C=O) groups is 1. The predicted octanol–water partition coefficient (Wildman–Crippen LogP) is -2.70. The maximum atomic E-state index is 12.2. The van der Waals surface area contributed by atoms with Crippen LogP contribution >= 0.6 is 0 Å². The molecule has 0 radical (unpaired) electrons. The number of hydrogen-bond acceptors (Lipinski definition) is 9. The second-order valence-electron chi connectivity index (χ2n) is 5.86. The summed E-state index contributed by atoms with van der Waals surface area (Å²) in [7, 11) is -1.33. The van der Waals surface area contributed by atoms with Gasteiger partial charge in [0.1, 0.15) is 5.75 Å². The van der Waals surface area contributed by atoms with Gasteiger partial charge in [-0.05, 0) is 17.2 Å². The van der Waals surface area contributed by atoms with Crippen molar-refractivity contribution < 1.29 is 24.7 Å². The number of hydrogen-bond donors (Lipinski definition) is 5. The molecule has 6 N–H and O–H groups in total. The van der Waals surface area contributed by atoms with Crippen molar-refractivity contribution in [3.05, 3.63) is 35.2 Å². The van der Waals surface area contributed by atoms with Crippen molar-refractivity contribution in [1.29, 1.82) is 0 Å². The largest absolute Gasteiger partial charge is 0.547 e. The number of nitrogens with two attached hydrogens (primary N) is 1. The first-order chi connectivity index (χ1) is 12.5. The van der Waals surface area contributed by atoms with Gasteiger partial charge < -0.3 is 30.9 Å². The summed E-state index contributed by atoms with van der Waals surface area (Å²) in [4.78, 5) is 13.5. The molecular weight excluding hydrogens is 343 g/mol. The normalized spacial score (nSPS) is 16.3. The second kappa shape index (κ2) is 7.78. The number of aliphatic hydroxyl groups is 2. The van der Waals surface area contributed by atoms with Gasteiger partial charge in [0.2, 0.25) is 5.91 Å². The first kappa shape index (κ1) is 18.3. The lowest BCUT2D eigenvalue weighted by Crippen LogP contribution is -2.53. The van der Waals surface area contributed by atoms with E-state index in [1.54, 1.807) is 12.1 Å². The summed E-state index contributed by atoms with van der Waals surface area (Å²) in [6, 6.07) is 4.87. The summed E-state index contributed by atoms with van der Waals surface area (Å²) in [5.74, 6) is -0.632. The molecule has 0 unspecified atom stereocenters. The Kier molecular flexibility index (Phi) is 5.47. The molecule has 1 amide bonds. The van der Waals surface area contributed by atoms with Crippen LogP contribution in [0.1, 0.15) is 23.2 Å². The maximum absolute atomic E-state index is 12.2. The van der Waals surface area contributed by atoms with Gasteiger partial charge >= 0.3 is 7.12 Å². The molecule has 2 heterocycles. The van der Waals surface area contributed by atoms with Crippen LogP contribution in [0.5, 0.6) is 5.75 Å². The number of fused-ring (bicyclic) bond motifs is 1. The lowest BCUT2D eigenvalue weighted by Gasteiger charge is -2.29. The summed E-state index contributed by atoms with van der Waals surface area (Å²) in [5.41, 5.74) is 6.21. The molecule has 0 saturated heterocycles. The summed E-state index contributed by atoms with van der Waals surface area (Å²) >= 11 is 0. The fraction of sp³-hybridized carbons (Fsp3) is 0.429. The van der Waals surface area contributed by atoms with Crippen LogP contribution in [-0.2, 0) is 24.2 Å². The predicted molar refractivity (Wildman–Crippen MR) is 88.4 cm³/mol. The zero-order chi connectivity index (χ0) is 18.7. The fourth-order valence-electron chi connectivity index (χ4n) is 2.73. The van der Waals surface area contributed by atoms with E-state index in [1.807, 2.05) is 0 Å². The SMILES string of the molecule is NCCn1nnc(CC(=O)N[C@H]2Cc3cccc(C(O)O)c3OB2O)n1. The number of benzene rings is 1. The minimum absolute atomic E-state index is 0.101. The number of aliphatic hydroxyl groups excluding tert-OH is 1. The van der Waals surface area contributed by atoms with E-state index in [4.69, 9.17) is 10.4 Å². The summed E-state index contributed by atoms with van der Waals surface area (Å²) < 4.78 is 5.38. The van der Waals surface area contributed by atoms with Gasteiger partial charge in [0, 0.05) is 12.1 Å². The number of carbonyl (C=O) groups excluding carboxylic acids is 1. The summed E-state index contributed by atoms with van der Waals surface area (Å²) in [6.07, 6.45) is -1.54. The van der Waals surface area contributed by atoms with Gasteiger partial charge in [-0.15, -0.1) is 10.2 Å². The molecule has 1 aliphatic rings. The maximum Gasteiger partial charge on any atom is 0.547 e. The van der Waals surface area contributed by atoms with E-state index in [-0.39, 0.29) is 30.0 Å². The molecule has 0 aliphatic carbocycles. The Morgan fingerprint density at radius 3 is 3.04 bits per heavy atom. The molecular formula is C14H19BN6O5. The van der Waals surface area contributed by atoms with Gasteiger partial charge in [0.15, 0.2) is 12.1 Å². The highest BCUT2D eigenvalue weighted by molar-refractivity contribution is 6.46. The highest BCUT2D eigenvalue weighted by Crippen LogP contribution is 2.32. The van der Waals surface area contributed by atoms with Crippen LogP contribution in [-0.4, -0.2) is 61.0 Å². The molecule has 1 aliphatic heterocycles. The smallest absolute Gasteiger partial charge is 0.534 e. The Morgan fingerprint density at radius 2 is 2.31 bits per heavy atom. The zero-order valence-corrected chi connectivity index (χ0v) is 13.8. The Bertz CT molecular complexity index is 785. The molecule has 1 aromatic heterocycles. The lowest BCUT2D eigenvalue weighted by molar-refractivity contribution is -0.121. The van der Waals surface area contributed by atoms with Crippen LogP contribution in [0.3, 0.4) is 0 Å². The first-order valence-electron chi connectivity index (χ1n) is 8.06.